The standard InChI is InChI=1S/C12H15N5/c13-12-10(5-3-7-16-12)11(17-14)8-9-4-1-2-6-15-9/h1-7,11,17H,8,14H2,(H2,13,16). The van der Waals surface area contributed by atoms with Gasteiger partial charge in [0.25, 0.3) is 0 Å². The van der Waals surface area contributed by atoms with E-state index in [9.17, 15) is 0 Å². The summed E-state index contributed by atoms with van der Waals surface area (Å²) in [5, 5.41) is 0. The van der Waals surface area contributed by atoms with Gasteiger partial charge in [0, 0.05) is 30.1 Å². The van der Waals surface area contributed by atoms with Crippen LogP contribution in [-0.4, -0.2) is 9.97 Å². The molecule has 5 heteroatoms. The van der Waals surface area contributed by atoms with Crippen LogP contribution in [0.5, 0.6) is 0 Å². The molecule has 17 heavy (non-hydrogen) atoms. The molecule has 0 saturated carbocycles. The minimum absolute atomic E-state index is 0.0846. The Morgan fingerprint density at radius 3 is 2.59 bits per heavy atom. The highest BCUT2D eigenvalue weighted by molar-refractivity contribution is 5.41. The van der Waals surface area contributed by atoms with Gasteiger partial charge in [0.05, 0.1) is 6.04 Å². The zero-order chi connectivity index (χ0) is 12.1. The molecular weight excluding hydrogens is 214 g/mol. The number of aromatic nitrogens is 2. The Hall–Kier alpha value is -1.98. The van der Waals surface area contributed by atoms with Crippen molar-refractivity contribution in [2.75, 3.05) is 5.73 Å². The van der Waals surface area contributed by atoms with Gasteiger partial charge in [-0.05, 0) is 18.2 Å². The fourth-order valence-electron chi connectivity index (χ4n) is 1.71. The highest BCUT2D eigenvalue weighted by atomic mass is 15.2. The number of hydrazine groups is 1. The summed E-state index contributed by atoms with van der Waals surface area (Å²) in [5.74, 6) is 6.05. The van der Waals surface area contributed by atoms with Crippen LogP contribution in [0.3, 0.4) is 0 Å². The molecule has 0 fully saturated rings. The molecule has 2 heterocycles. The molecule has 0 aliphatic rings. The van der Waals surface area contributed by atoms with E-state index in [1.807, 2.05) is 30.3 Å². The van der Waals surface area contributed by atoms with Crippen LogP contribution in [0.1, 0.15) is 17.3 Å². The van der Waals surface area contributed by atoms with E-state index in [1.165, 1.54) is 0 Å². The van der Waals surface area contributed by atoms with Crippen molar-refractivity contribution in [1.82, 2.24) is 15.4 Å². The third-order valence-electron chi connectivity index (χ3n) is 2.59. The third-order valence-corrected chi connectivity index (χ3v) is 2.59. The van der Waals surface area contributed by atoms with Crippen molar-refractivity contribution in [2.45, 2.75) is 12.5 Å². The van der Waals surface area contributed by atoms with Gasteiger partial charge in [0.1, 0.15) is 5.82 Å². The quantitative estimate of drug-likeness (QED) is 0.533. The summed E-state index contributed by atoms with van der Waals surface area (Å²) in [4.78, 5) is 8.32. The van der Waals surface area contributed by atoms with Crippen LogP contribution in [0.15, 0.2) is 42.7 Å². The van der Waals surface area contributed by atoms with Crippen LogP contribution < -0.4 is 17.0 Å². The van der Waals surface area contributed by atoms with E-state index in [4.69, 9.17) is 11.6 Å². The highest BCUT2D eigenvalue weighted by Gasteiger charge is 2.14. The molecule has 88 valence electrons. The normalized spacial score (nSPS) is 12.3. The van der Waals surface area contributed by atoms with Gasteiger partial charge >= 0.3 is 0 Å². The molecular formula is C12H15N5. The van der Waals surface area contributed by atoms with Gasteiger partial charge in [-0.3, -0.25) is 16.3 Å². The lowest BCUT2D eigenvalue weighted by Gasteiger charge is -2.16. The second-order valence-electron chi connectivity index (χ2n) is 3.72. The second kappa shape index (κ2) is 5.38. The lowest BCUT2D eigenvalue weighted by molar-refractivity contribution is 0.546. The monoisotopic (exact) mass is 229 g/mol. The molecule has 1 atom stereocenters. The summed E-state index contributed by atoms with van der Waals surface area (Å²) in [5.41, 5.74) is 10.4. The van der Waals surface area contributed by atoms with Crippen LogP contribution in [0.4, 0.5) is 5.82 Å². The topological polar surface area (TPSA) is 89.8 Å². The van der Waals surface area contributed by atoms with Gasteiger partial charge in [-0.15, -0.1) is 0 Å². The van der Waals surface area contributed by atoms with Gasteiger partial charge in [0.15, 0.2) is 0 Å². The van der Waals surface area contributed by atoms with Crippen LogP contribution in [0.2, 0.25) is 0 Å². The van der Waals surface area contributed by atoms with Crippen LogP contribution >= 0.6 is 0 Å². The summed E-state index contributed by atoms with van der Waals surface area (Å²) in [6.07, 6.45) is 4.09. The Bertz CT molecular complexity index is 471. The number of nitrogens with two attached hydrogens (primary N) is 2. The van der Waals surface area contributed by atoms with Gasteiger partial charge in [-0.25, -0.2) is 4.98 Å². The predicted molar refractivity (Wildman–Crippen MR) is 66.7 cm³/mol. The number of nitrogens with zero attached hydrogens (tertiary/aromatic N) is 2. The molecule has 0 spiro atoms. The zero-order valence-electron chi connectivity index (χ0n) is 9.38. The number of hydrogen-bond donors (Lipinski definition) is 3. The Morgan fingerprint density at radius 2 is 1.94 bits per heavy atom. The fourth-order valence-corrected chi connectivity index (χ4v) is 1.71. The number of nitrogen functional groups attached to an aromatic ring is 1. The first kappa shape index (κ1) is 11.5. The first-order chi connectivity index (χ1) is 8.31. The number of pyridine rings is 2. The lowest BCUT2D eigenvalue weighted by Crippen LogP contribution is -2.30. The zero-order valence-corrected chi connectivity index (χ0v) is 9.38. The minimum Gasteiger partial charge on any atom is -0.383 e. The maximum Gasteiger partial charge on any atom is 0.128 e. The Morgan fingerprint density at radius 1 is 1.12 bits per heavy atom. The predicted octanol–water partition coefficient (Wildman–Crippen LogP) is 0.806. The van der Waals surface area contributed by atoms with Crippen molar-refractivity contribution in [3.63, 3.8) is 0 Å². The molecule has 0 amide bonds. The van der Waals surface area contributed by atoms with Crippen LogP contribution in [-0.2, 0) is 6.42 Å². The van der Waals surface area contributed by atoms with E-state index in [-0.39, 0.29) is 6.04 Å². The molecule has 2 rings (SSSR count). The average Bonchev–Trinajstić information content (AvgIpc) is 2.38. The van der Waals surface area contributed by atoms with Crippen molar-refractivity contribution in [3.05, 3.63) is 54.0 Å². The summed E-state index contributed by atoms with van der Waals surface area (Å²) in [7, 11) is 0. The lowest BCUT2D eigenvalue weighted by atomic mass is 10.0. The second-order valence-corrected chi connectivity index (χ2v) is 3.72. The Labute approximate surface area is 99.9 Å². The minimum atomic E-state index is -0.0846. The smallest absolute Gasteiger partial charge is 0.128 e. The van der Waals surface area contributed by atoms with Crippen molar-refractivity contribution < 1.29 is 0 Å². The van der Waals surface area contributed by atoms with Crippen LogP contribution in [0.25, 0.3) is 0 Å². The number of hydrogen-bond acceptors (Lipinski definition) is 5. The Balaban J connectivity index is 2.21. The van der Waals surface area contributed by atoms with Crippen LogP contribution in [0, 0.1) is 0 Å². The maximum atomic E-state index is 5.82. The summed E-state index contributed by atoms with van der Waals surface area (Å²) < 4.78 is 0. The third kappa shape index (κ3) is 2.77. The molecule has 0 saturated heterocycles. The highest BCUT2D eigenvalue weighted by Crippen LogP contribution is 2.20. The average molecular weight is 229 g/mol. The molecule has 0 aliphatic heterocycles. The SMILES string of the molecule is NNC(Cc1ccccn1)c1cccnc1N. The van der Waals surface area contributed by atoms with Gasteiger partial charge in [-0.1, -0.05) is 12.1 Å². The first-order valence-electron chi connectivity index (χ1n) is 5.37. The van der Waals surface area contributed by atoms with Gasteiger partial charge < -0.3 is 5.73 Å². The summed E-state index contributed by atoms with van der Waals surface area (Å²) in [6, 6.07) is 9.45. The molecule has 0 aliphatic carbocycles. The molecule has 0 bridgehead atoms. The largest absolute Gasteiger partial charge is 0.383 e. The maximum absolute atomic E-state index is 5.82. The van der Waals surface area contributed by atoms with Gasteiger partial charge in [0.2, 0.25) is 0 Å². The molecule has 0 aromatic carbocycles. The van der Waals surface area contributed by atoms with Crippen molar-refractivity contribution in [2.24, 2.45) is 5.84 Å². The van der Waals surface area contributed by atoms with Gasteiger partial charge in [-0.2, -0.15) is 0 Å². The molecule has 5 N–H and O–H groups in total. The molecule has 1 unspecified atom stereocenters. The van der Waals surface area contributed by atoms with Crippen molar-refractivity contribution >= 4 is 5.82 Å². The number of anilines is 1. The van der Waals surface area contributed by atoms with Crippen molar-refractivity contribution in [1.29, 1.82) is 0 Å². The number of rotatable bonds is 4. The summed E-state index contributed by atoms with van der Waals surface area (Å²) >= 11 is 0. The molecule has 0 radical (unpaired) electrons. The number of nitrogens with one attached hydrogen (secondary N) is 1. The van der Waals surface area contributed by atoms with Crippen molar-refractivity contribution in [3.8, 4) is 0 Å². The van der Waals surface area contributed by atoms with E-state index in [0.29, 0.717) is 12.2 Å². The van der Waals surface area contributed by atoms with E-state index in [1.54, 1.807) is 12.4 Å². The van der Waals surface area contributed by atoms with E-state index in [0.717, 1.165) is 11.3 Å². The first-order valence-corrected chi connectivity index (χ1v) is 5.37. The Kier molecular flexibility index (Phi) is 3.64. The molecule has 5 nitrogen and oxygen atoms in total. The van der Waals surface area contributed by atoms with E-state index < -0.39 is 0 Å². The van der Waals surface area contributed by atoms with E-state index >= 15 is 0 Å². The molecule has 2 aromatic heterocycles. The fraction of sp³-hybridized carbons (Fsp3) is 0.167. The summed E-state index contributed by atoms with van der Waals surface area (Å²) in [6.45, 7) is 0. The molecule has 2 aromatic rings. The van der Waals surface area contributed by atoms with E-state index in [2.05, 4.69) is 15.4 Å².